The molecule has 1 aromatic heterocycles. The van der Waals surface area contributed by atoms with Gasteiger partial charge >= 0.3 is 11.6 Å². The van der Waals surface area contributed by atoms with Crippen LogP contribution >= 0.6 is 11.6 Å². The summed E-state index contributed by atoms with van der Waals surface area (Å²) in [6.45, 7) is 2.50. The lowest BCUT2D eigenvalue weighted by atomic mass is 10.3. The lowest BCUT2D eigenvalue weighted by Crippen LogP contribution is -2.00. The molecule has 0 radical (unpaired) electrons. The smallest absolute Gasteiger partial charge is 0.331 e. The van der Waals surface area contributed by atoms with Crippen molar-refractivity contribution in [3.8, 4) is 17.4 Å². The van der Waals surface area contributed by atoms with Gasteiger partial charge in [-0.25, -0.2) is 0 Å². The Labute approximate surface area is 126 Å². The Balaban J connectivity index is 2.34. The molecule has 0 bridgehead atoms. The first-order valence-electron chi connectivity index (χ1n) is 6.32. The van der Waals surface area contributed by atoms with Gasteiger partial charge in [-0.3, -0.25) is 10.1 Å². The van der Waals surface area contributed by atoms with Crippen LogP contribution in [-0.2, 0) is 0 Å². The molecule has 110 valence electrons. The van der Waals surface area contributed by atoms with Gasteiger partial charge in [-0.05, 0) is 24.6 Å². The van der Waals surface area contributed by atoms with E-state index in [2.05, 4.69) is 4.98 Å². The Morgan fingerprint density at radius 2 is 1.95 bits per heavy atom. The van der Waals surface area contributed by atoms with Crippen LogP contribution in [0.4, 0.5) is 5.69 Å². The Morgan fingerprint density at radius 3 is 2.62 bits per heavy atom. The number of rotatable bonds is 6. The summed E-state index contributed by atoms with van der Waals surface area (Å²) in [7, 11) is 0. The lowest BCUT2D eigenvalue weighted by molar-refractivity contribution is -0.386. The van der Waals surface area contributed by atoms with Crippen molar-refractivity contribution in [1.82, 2.24) is 4.98 Å². The van der Waals surface area contributed by atoms with Crippen LogP contribution in [-0.4, -0.2) is 16.5 Å². The zero-order valence-electron chi connectivity index (χ0n) is 11.3. The predicted molar refractivity (Wildman–Crippen MR) is 78.2 cm³/mol. The molecule has 0 N–H and O–H groups in total. The van der Waals surface area contributed by atoms with Gasteiger partial charge in [0.15, 0.2) is 11.5 Å². The molecule has 1 aromatic carbocycles. The molecule has 0 aliphatic carbocycles. The summed E-state index contributed by atoms with van der Waals surface area (Å²) in [5.74, 6) is 0.680. The molecule has 2 aromatic rings. The number of halogens is 1. The van der Waals surface area contributed by atoms with Crippen LogP contribution in [0.5, 0.6) is 17.4 Å². The largest absolute Gasteiger partial charge is 0.490 e. The molecule has 0 unspecified atom stereocenters. The molecule has 0 amide bonds. The Hall–Kier alpha value is -2.34. The highest BCUT2D eigenvalue weighted by molar-refractivity contribution is 6.29. The highest BCUT2D eigenvalue weighted by Gasteiger charge is 2.19. The fourth-order valence-electron chi connectivity index (χ4n) is 1.59. The molecule has 0 fully saturated rings. The first-order chi connectivity index (χ1) is 10.1. The molecule has 0 aliphatic heterocycles. The van der Waals surface area contributed by atoms with Crippen LogP contribution in [0.1, 0.15) is 13.3 Å². The average Bonchev–Trinajstić information content (AvgIpc) is 2.46. The third kappa shape index (κ3) is 3.82. The predicted octanol–water partition coefficient (Wildman–Crippen LogP) is 4.22. The van der Waals surface area contributed by atoms with Crippen molar-refractivity contribution in [2.45, 2.75) is 13.3 Å². The molecule has 1 heterocycles. The molecule has 7 heteroatoms. The number of ether oxygens (including phenoxy) is 2. The number of nitrogens with zero attached hydrogens (tertiary/aromatic N) is 2. The Morgan fingerprint density at radius 1 is 1.24 bits per heavy atom. The second-order valence-electron chi connectivity index (χ2n) is 4.11. The number of nitro groups is 1. The van der Waals surface area contributed by atoms with Gasteiger partial charge in [-0.15, -0.1) is 0 Å². The molecular weight excluding hydrogens is 296 g/mol. The molecule has 2 rings (SSSR count). The fourth-order valence-corrected chi connectivity index (χ4v) is 1.73. The van der Waals surface area contributed by atoms with Gasteiger partial charge in [-0.2, -0.15) is 4.98 Å². The maximum atomic E-state index is 11.0. The first kappa shape index (κ1) is 15.1. The van der Waals surface area contributed by atoms with Crippen molar-refractivity contribution >= 4 is 17.3 Å². The number of aromatic nitrogens is 1. The van der Waals surface area contributed by atoms with E-state index < -0.39 is 4.92 Å². The van der Waals surface area contributed by atoms with E-state index in [1.54, 1.807) is 24.3 Å². The van der Waals surface area contributed by atoms with E-state index in [1.165, 1.54) is 12.1 Å². The van der Waals surface area contributed by atoms with Crippen molar-refractivity contribution in [3.63, 3.8) is 0 Å². The Bertz CT molecular complexity index is 649. The molecule has 0 spiro atoms. The summed E-state index contributed by atoms with van der Waals surface area (Å²) >= 11 is 5.77. The molecule has 0 saturated heterocycles. The van der Waals surface area contributed by atoms with Crippen LogP contribution in [0.2, 0.25) is 5.15 Å². The minimum absolute atomic E-state index is 0.113. The maximum Gasteiger partial charge on any atom is 0.331 e. The van der Waals surface area contributed by atoms with Gasteiger partial charge in [0, 0.05) is 6.07 Å². The van der Waals surface area contributed by atoms with Gasteiger partial charge in [0.25, 0.3) is 0 Å². The molecule has 0 aliphatic rings. The summed E-state index contributed by atoms with van der Waals surface area (Å²) in [5.41, 5.74) is -0.260. The number of benzene rings is 1. The Kier molecular flexibility index (Phi) is 4.94. The van der Waals surface area contributed by atoms with E-state index in [4.69, 9.17) is 21.1 Å². The van der Waals surface area contributed by atoms with Gasteiger partial charge in [0.2, 0.25) is 0 Å². The zero-order valence-corrected chi connectivity index (χ0v) is 12.0. The van der Waals surface area contributed by atoms with Crippen LogP contribution < -0.4 is 9.47 Å². The summed E-state index contributed by atoms with van der Waals surface area (Å²) in [4.78, 5) is 14.3. The second-order valence-corrected chi connectivity index (χ2v) is 4.50. The van der Waals surface area contributed by atoms with E-state index in [1.807, 2.05) is 6.92 Å². The van der Waals surface area contributed by atoms with Crippen molar-refractivity contribution in [1.29, 1.82) is 0 Å². The topological polar surface area (TPSA) is 74.5 Å². The van der Waals surface area contributed by atoms with Gasteiger partial charge in [-0.1, -0.05) is 30.7 Å². The minimum atomic E-state index is -0.575. The molecule has 0 atom stereocenters. The van der Waals surface area contributed by atoms with Crippen molar-refractivity contribution in [2.24, 2.45) is 0 Å². The van der Waals surface area contributed by atoms with E-state index >= 15 is 0 Å². The van der Waals surface area contributed by atoms with Crippen molar-refractivity contribution < 1.29 is 14.4 Å². The zero-order chi connectivity index (χ0) is 15.2. The third-order valence-electron chi connectivity index (χ3n) is 2.52. The summed E-state index contributed by atoms with van der Waals surface area (Å²) in [6, 6.07) is 9.49. The maximum absolute atomic E-state index is 11.0. The number of pyridine rings is 1. The van der Waals surface area contributed by atoms with Crippen LogP contribution in [0.25, 0.3) is 0 Å². The summed E-state index contributed by atoms with van der Waals surface area (Å²) in [6.07, 6.45) is 0.837. The summed E-state index contributed by atoms with van der Waals surface area (Å²) in [5, 5.41) is 11.1. The molecule has 0 saturated carbocycles. The van der Waals surface area contributed by atoms with E-state index in [9.17, 15) is 10.1 Å². The van der Waals surface area contributed by atoms with Gasteiger partial charge < -0.3 is 9.47 Å². The standard InChI is InChI=1S/C14H13ClN2O4/c1-2-9-20-11-5-3-4-6-12(11)21-14-10(17(18)19)7-8-13(15)16-14/h3-8H,2,9H2,1H3. The fraction of sp³-hybridized carbons (Fsp3) is 0.214. The normalized spacial score (nSPS) is 10.2. The van der Waals surface area contributed by atoms with Gasteiger partial charge in [0.05, 0.1) is 11.5 Å². The third-order valence-corrected chi connectivity index (χ3v) is 2.73. The molecular formula is C14H13ClN2O4. The highest BCUT2D eigenvalue weighted by atomic mass is 35.5. The van der Waals surface area contributed by atoms with Crippen LogP contribution in [0.3, 0.4) is 0 Å². The monoisotopic (exact) mass is 308 g/mol. The average molecular weight is 309 g/mol. The van der Waals surface area contributed by atoms with E-state index in [-0.39, 0.29) is 16.7 Å². The van der Waals surface area contributed by atoms with Crippen molar-refractivity contribution in [3.05, 3.63) is 51.7 Å². The van der Waals surface area contributed by atoms with Crippen LogP contribution in [0, 0.1) is 10.1 Å². The molecule has 21 heavy (non-hydrogen) atoms. The highest BCUT2D eigenvalue weighted by Crippen LogP contribution is 2.35. The minimum Gasteiger partial charge on any atom is -0.490 e. The number of hydrogen-bond donors (Lipinski definition) is 0. The quantitative estimate of drug-likeness (QED) is 0.453. The van der Waals surface area contributed by atoms with E-state index in [0.29, 0.717) is 18.1 Å². The first-order valence-corrected chi connectivity index (χ1v) is 6.70. The number of para-hydroxylation sites is 2. The van der Waals surface area contributed by atoms with Crippen molar-refractivity contribution in [2.75, 3.05) is 6.61 Å². The number of hydrogen-bond acceptors (Lipinski definition) is 5. The molecule has 6 nitrogen and oxygen atoms in total. The van der Waals surface area contributed by atoms with Gasteiger partial charge in [0.1, 0.15) is 5.15 Å². The second kappa shape index (κ2) is 6.90. The SMILES string of the molecule is CCCOc1ccccc1Oc1nc(Cl)ccc1[N+](=O)[O-]. The lowest BCUT2D eigenvalue weighted by Gasteiger charge is -2.11. The van der Waals surface area contributed by atoms with Crippen LogP contribution in [0.15, 0.2) is 36.4 Å². The summed E-state index contributed by atoms with van der Waals surface area (Å²) < 4.78 is 11.1. The van der Waals surface area contributed by atoms with E-state index in [0.717, 1.165) is 6.42 Å².